The summed E-state index contributed by atoms with van der Waals surface area (Å²) in [4.78, 5) is 10.4. The SMILES string of the molecule is c1ccc(-c2nc3ccccc3nc2-c2cccc(-n3c4ccccc4c4cc5c(cc43)c3ccccc3n5-c3ccc4c(c3)oc3ccccc34)c2)cc1. The van der Waals surface area contributed by atoms with Crippen molar-refractivity contribution < 1.29 is 4.42 Å². The van der Waals surface area contributed by atoms with Gasteiger partial charge in [-0.2, -0.15) is 0 Å². The van der Waals surface area contributed by atoms with E-state index in [-0.39, 0.29) is 0 Å². The number of benzene rings is 8. The number of rotatable bonds is 4. The minimum atomic E-state index is 0.861. The van der Waals surface area contributed by atoms with Crippen LogP contribution in [-0.2, 0) is 0 Å². The largest absolute Gasteiger partial charge is 0.456 e. The van der Waals surface area contributed by atoms with Gasteiger partial charge in [0.05, 0.1) is 44.5 Å². The van der Waals surface area contributed by atoms with Crippen LogP contribution in [0.2, 0.25) is 0 Å². The van der Waals surface area contributed by atoms with Gasteiger partial charge in [0.15, 0.2) is 0 Å². The maximum atomic E-state index is 6.37. The molecule has 0 atom stereocenters. The number of hydrogen-bond acceptors (Lipinski definition) is 3. The molecule has 0 spiro atoms. The van der Waals surface area contributed by atoms with E-state index in [2.05, 4.69) is 149 Å². The van der Waals surface area contributed by atoms with Crippen LogP contribution in [0.1, 0.15) is 0 Å². The fourth-order valence-corrected chi connectivity index (χ4v) is 8.63. The molecule has 5 heteroatoms. The Kier molecular flexibility index (Phi) is 6.27. The molecule has 0 amide bonds. The molecule has 256 valence electrons. The summed E-state index contributed by atoms with van der Waals surface area (Å²) in [5.74, 6) is 0. The number of fused-ring (bicyclic) bond motifs is 10. The van der Waals surface area contributed by atoms with Crippen molar-refractivity contribution in [2.75, 3.05) is 0 Å². The monoisotopic (exact) mass is 702 g/mol. The molecule has 8 aromatic carbocycles. The first-order valence-corrected chi connectivity index (χ1v) is 18.6. The standard InChI is InChI=1S/C50H30N4O/c1-2-13-31(14-3-1)49-50(52-42-21-8-7-20-41(42)51-49)32-15-12-16-33(27-32)53-43-22-9-4-17-35(43)39-30-46-40(29-45(39)53)36-18-5-10-23-44(36)54(46)34-25-26-38-37-19-6-11-24-47(37)55-48(38)28-34/h1-30H. The molecular weight excluding hydrogens is 673 g/mol. The van der Waals surface area contributed by atoms with Crippen molar-refractivity contribution in [1.82, 2.24) is 19.1 Å². The summed E-state index contributed by atoms with van der Waals surface area (Å²) in [6.45, 7) is 0. The molecule has 0 aliphatic rings. The van der Waals surface area contributed by atoms with Crippen molar-refractivity contribution in [2.24, 2.45) is 0 Å². The Labute approximate surface area is 315 Å². The maximum Gasteiger partial charge on any atom is 0.137 e. The van der Waals surface area contributed by atoms with Crippen LogP contribution in [0.3, 0.4) is 0 Å². The van der Waals surface area contributed by atoms with Gasteiger partial charge in [-0.1, -0.05) is 109 Å². The Balaban J connectivity index is 1.10. The minimum Gasteiger partial charge on any atom is -0.456 e. The molecule has 4 aromatic heterocycles. The van der Waals surface area contributed by atoms with Gasteiger partial charge in [-0.3, -0.25) is 0 Å². The minimum absolute atomic E-state index is 0.861. The molecule has 5 nitrogen and oxygen atoms in total. The van der Waals surface area contributed by atoms with E-state index in [1.165, 1.54) is 21.5 Å². The predicted molar refractivity (Wildman–Crippen MR) is 226 cm³/mol. The Bertz CT molecular complexity index is 3500. The predicted octanol–water partition coefficient (Wildman–Crippen LogP) is 13.1. The second-order valence-corrected chi connectivity index (χ2v) is 14.2. The molecule has 0 N–H and O–H groups in total. The molecule has 0 saturated carbocycles. The van der Waals surface area contributed by atoms with E-state index < -0.39 is 0 Å². The smallest absolute Gasteiger partial charge is 0.137 e. The number of hydrogen-bond donors (Lipinski definition) is 0. The van der Waals surface area contributed by atoms with Crippen LogP contribution in [0.5, 0.6) is 0 Å². The summed E-state index contributed by atoms with van der Waals surface area (Å²) < 4.78 is 11.1. The van der Waals surface area contributed by atoms with Gasteiger partial charge in [0.1, 0.15) is 11.2 Å². The summed E-state index contributed by atoms with van der Waals surface area (Å²) in [5.41, 5.74) is 14.1. The molecule has 55 heavy (non-hydrogen) atoms. The fourth-order valence-electron chi connectivity index (χ4n) is 8.63. The molecule has 12 aromatic rings. The van der Waals surface area contributed by atoms with Crippen molar-refractivity contribution in [3.8, 4) is 33.9 Å². The van der Waals surface area contributed by atoms with Gasteiger partial charge < -0.3 is 13.6 Å². The number of para-hydroxylation sites is 5. The average molecular weight is 703 g/mol. The third-order valence-corrected chi connectivity index (χ3v) is 11.1. The van der Waals surface area contributed by atoms with Crippen LogP contribution in [0.15, 0.2) is 186 Å². The molecular formula is C50H30N4O. The lowest BCUT2D eigenvalue weighted by Crippen LogP contribution is -1.98. The van der Waals surface area contributed by atoms with Crippen LogP contribution in [0.4, 0.5) is 0 Å². The topological polar surface area (TPSA) is 48.8 Å². The molecule has 0 unspecified atom stereocenters. The third-order valence-electron chi connectivity index (χ3n) is 11.1. The number of aromatic nitrogens is 4. The molecule has 0 aliphatic carbocycles. The molecule has 0 aliphatic heterocycles. The van der Waals surface area contributed by atoms with Gasteiger partial charge in [-0.05, 0) is 66.7 Å². The van der Waals surface area contributed by atoms with Crippen LogP contribution in [-0.4, -0.2) is 19.1 Å². The lowest BCUT2D eigenvalue weighted by atomic mass is 10.0. The van der Waals surface area contributed by atoms with Crippen molar-refractivity contribution in [3.05, 3.63) is 182 Å². The Morgan fingerprint density at radius 3 is 1.55 bits per heavy atom. The summed E-state index contributed by atoms with van der Waals surface area (Å²) in [7, 11) is 0. The highest BCUT2D eigenvalue weighted by molar-refractivity contribution is 6.19. The Morgan fingerprint density at radius 1 is 0.327 bits per heavy atom. The second-order valence-electron chi connectivity index (χ2n) is 14.2. The van der Waals surface area contributed by atoms with Crippen molar-refractivity contribution >= 4 is 76.6 Å². The highest BCUT2D eigenvalue weighted by Crippen LogP contribution is 2.41. The van der Waals surface area contributed by atoms with Gasteiger partial charge in [-0.15, -0.1) is 0 Å². The van der Waals surface area contributed by atoms with Gasteiger partial charge >= 0.3 is 0 Å². The zero-order valence-electron chi connectivity index (χ0n) is 29.5. The maximum absolute atomic E-state index is 6.37. The van der Waals surface area contributed by atoms with E-state index in [9.17, 15) is 0 Å². The average Bonchev–Trinajstić information content (AvgIpc) is 3.89. The van der Waals surface area contributed by atoms with Crippen molar-refractivity contribution in [3.63, 3.8) is 0 Å². The summed E-state index contributed by atoms with van der Waals surface area (Å²) in [5, 5.41) is 7.04. The van der Waals surface area contributed by atoms with E-state index in [4.69, 9.17) is 14.4 Å². The lowest BCUT2D eigenvalue weighted by Gasteiger charge is -2.13. The highest BCUT2D eigenvalue weighted by atomic mass is 16.3. The van der Waals surface area contributed by atoms with Crippen LogP contribution in [0, 0.1) is 0 Å². The Hall–Kier alpha value is -7.50. The van der Waals surface area contributed by atoms with Crippen LogP contribution < -0.4 is 0 Å². The number of nitrogens with zero attached hydrogens (tertiary/aromatic N) is 4. The summed E-state index contributed by atoms with van der Waals surface area (Å²) in [6, 6.07) is 64.2. The van der Waals surface area contributed by atoms with E-state index in [1.54, 1.807) is 0 Å². The van der Waals surface area contributed by atoms with Crippen LogP contribution in [0.25, 0.3) is 110 Å². The van der Waals surface area contributed by atoms with Gasteiger partial charge in [0.25, 0.3) is 0 Å². The zero-order chi connectivity index (χ0) is 36.0. The first-order chi connectivity index (χ1) is 27.3. The number of furan rings is 1. The van der Waals surface area contributed by atoms with Gasteiger partial charge in [-0.25, -0.2) is 9.97 Å². The van der Waals surface area contributed by atoms with Crippen molar-refractivity contribution in [2.45, 2.75) is 0 Å². The molecule has 4 heterocycles. The van der Waals surface area contributed by atoms with Crippen molar-refractivity contribution in [1.29, 1.82) is 0 Å². The fraction of sp³-hybridized carbons (Fsp3) is 0. The van der Waals surface area contributed by atoms with Gasteiger partial charge in [0.2, 0.25) is 0 Å². The van der Waals surface area contributed by atoms with E-state index in [1.807, 2.05) is 42.5 Å². The van der Waals surface area contributed by atoms with E-state index >= 15 is 0 Å². The molecule has 12 rings (SSSR count). The normalized spacial score (nSPS) is 12.0. The first kappa shape index (κ1) is 30.0. The van der Waals surface area contributed by atoms with Crippen LogP contribution >= 0.6 is 0 Å². The summed E-state index contributed by atoms with van der Waals surface area (Å²) in [6.07, 6.45) is 0. The molecule has 0 saturated heterocycles. The quantitative estimate of drug-likeness (QED) is 0.183. The molecule has 0 bridgehead atoms. The second kappa shape index (κ2) is 11.5. The Morgan fingerprint density at radius 2 is 0.855 bits per heavy atom. The zero-order valence-corrected chi connectivity index (χ0v) is 29.5. The molecule has 0 fully saturated rings. The highest BCUT2D eigenvalue weighted by Gasteiger charge is 2.20. The van der Waals surface area contributed by atoms with E-state index in [0.29, 0.717) is 0 Å². The summed E-state index contributed by atoms with van der Waals surface area (Å²) >= 11 is 0. The molecule has 0 radical (unpaired) electrons. The van der Waals surface area contributed by atoms with Gasteiger partial charge in [0, 0.05) is 60.9 Å². The first-order valence-electron chi connectivity index (χ1n) is 18.6. The third kappa shape index (κ3) is 4.47. The van der Waals surface area contributed by atoms with E-state index in [0.717, 1.165) is 88.9 Å². The lowest BCUT2D eigenvalue weighted by molar-refractivity contribution is 0.668.